The Morgan fingerprint density at radius 3 is 2.70 bits per heavy atom. The van der Waals surface area contributed by atoms with Gasteiger partial charge < -0.3 is 14.7 Å². The van der Waals surface area contributed by atoms with Gasteiger partial charge in [-0.25, -0.2) is 9.37 Å². The zero-order chi connectivity index (χ0) is 19.0. The summed E-state index contributed by atoms with van der Waals surface area (Å²) in [7, 11) is 0. The number of aromatic nitrogens is 1. The average molecular weight is 391 g/mol. The van der Waals surface area contributed by atoms with Crippen LogP contribution in [0, 0.1) is 17.7 Å². The minimum absolute atomic E-state index is 0.203. The lowest BCUT2D eigenvalue weighted by Crippen LogP contribution is -2.42. The predicted octanol–water partition coefficient (Wildman–Crippen LogP) is 3.16. The molecule has 1 saturated heterocycles. The van der Waals surface area contributed by atoms with E-state index in [1.54, 1.807) is 23.1 Å². The molecule has 1 amide bonds. The van der Waals surface area contributed by atoms with E-state index in [0.717, 1.165) is 6.20 Å². The quantitative estimate of drug-likeness (QED) is 0.874. The van der Waals surface area contributed by atoms with Crippen molar-refractivity contribution >= 4 is 17.5 Å². The monoisotopic (exact) mass is 390 g/mol. The van der Waals surface area contributed by atoms with Crippen LogP contribution in [-0.2, 0) is 0 Å². The molecule has 0 unspecified atom stereocenters. The zero-order valence-corrected chi connectivity index (χ0v) is 15.3. The lowest BCUT2D eigenvalue weighted by atomic mass is 9.78. The summed E-state index contributed by atoms with van der Waals surface area (Å²) in [6.45, 7) is 1.16. The number of carbonyl (C=O) groups excluding carboxylic acids is 1. The van der Waals surface area contributed by atoms with Gasteiger partial charge in [0.05, 0.1) is 12.3 Å². The van der Waals surface area contributed by atoms with E-state index in [2.05, 4.69) is 4.98 Å². The van der Waals surface area contributed by atoms with Crippen LogP contribution in [0.2, 0.25) is 5.02 Å². The average Bonchev–Trinajstić information content (AvgIpc) is 3.05. The van der Waals surface area contributed by atoms with Crippen LogP contribution in [0.1, 0.15) is 23.3 Å². The molecule has 27 heavy (non-hydrogen) atoms. The minimum Gasteiger partial charge on any atom is -0.488 e. The Balaban J connectivity index is 1.42. The van der Waals surface area contributed by atoms with Gasteiger partial charge in [-0.1, -0.05) is 17.7 Å². The summed E-state index contributed by atoms with van der Waals surface area (Å²) in [6.07, 6.45) is 1.37. The first-order chi connectivity index (χ1) is 13.0. The normalized spacial score (nSPS) is 27.3. The standard InChI is InChI=1S/C20H20ClFN2O3/c21-14-2-1-3-16(8-14)27-19-7-13-11-24(10-12(13)6-18(19)25)20(26)17-5-4-15(22)9-23-17/h1-5,8-9,12-13,18-19,25H,6-7,10-11H2/t12-,13+,18+,19+/m0/s1. The first-order valence-electron chi connectivity index (χ1n) is 9.00. The summed E-state index contributed by atoms with van der Waals surface area (Å²) < 4.78 is 19.0. The van der Waals surface area contributed by atoms with E-state index in [0.29, 0.717) is 36.7 Å². The van der Waals surface area contributed by atoms with Crippen molar-refractivity contribution in [1.29, 1.82) is 0 Å². The van der Waals surface area contributed by atoms with E-state index in [1.165, 1.54) is 12.1 Å². The van der Waals surface area contributed by atoms with E-state index in [1.807, 2.05) is 6.07 Å². The van der Waals surface area contributed by atoms with E-state index in [9.17, 15) is 14.3 Å². The molecule has 0 spiro atoms. The number of ether oxygens (including phenoxy) is 1. The maximum atomic E-state index is 13.0. The number of hydrogen-bond donors (Lipinski definition) is 1. The van der Waals surface area contributed by atoms with Crippen molar-refractivity contribution in [1.82, 2.24) is 9.88 Å². The number of halogens is 2. The molecule has 0 bridgehead atoms. The van der Waals surface area contributed by atoms with Gasteiger partial charge >= 0.3 is 0 Å². The molecule has 7 heteroatoms. The fourth-order valence-electron chi connectivity index (χ4n) is 4.06. The zero-order valence-electron chi connectivity index (χ0n) is 14.6. The Bertz CT molecular complexity index is 832. The highest BCUT2D eigenvalue weighted by atomic mass is 35.5. The first-order valence-corrected chi connectivity index (χ1v) is 9.38. The number of rotatable bonds is 3. The van der Waals surface area contributed by atoms with Crippen LogP contribution in [0.25, 0.3) is 0 Å². The molecule has 4 rings (SSSR count). The second kappa shape index (κ2) is 7.44. The number of nitrogens with zero attached hydrogens (tertiary/aromatic N) is 2. The third kappa shape index (κ3) is 3.92. The van der Waals surface area contributed by atoms with E-state index >= 15 is 0 Å². The number of amides is 1. The molecule has 142 valence electrons. The third-order valence-corrected chi connectivity index (χ3v) is 5.64. The van der Waals surface area contributed by atoms with Gasteiger partial charge in [-0.3, -0.25) is 4.79 Å². The van der Waals surface area contributed by atoms with Gasteiger partial charge in [0, 0.05) is 18.1 Å². The molecule has 2 heterocycles. The molecule has 0 radical (unpaired) electrons. The molecule has 1 aromatic carbocycles. The van der Waals surface area contributed by atoms with Gasteiger partial charge in [0.25, 0.3) is 5.91 Å². The van der Waals surface area contributed by atoms with Crippen molar-refractivity contribution in [3.05, 3.63) is 59.1 Å². The summed E-state index contributed by atoms with van der Waals surface area (Å²) in [5.74, 6) is 0.439. The van der Waals surface area contributed by atoms with Crippen molar-refractivity contribution in [3.8, 4) is 5.75 Å². The van der Waals surface area contributed by atoms with Gasteiger partial charge in [0.2, 0.25) is 0 Å². The predicted molar refractivity (Wildman–Crippen MR) is 98.2 cm³/mol. The van der Waals surface area contributed by atoms with Gasteiger partial charge in [-0.15, -0.1) is 0 Å². The second-order valence-corrected chi connectivity index (χ2v) is 7.68. The molecule has 1 N–H and O–H groups in total. The molecule has 1 saturated carbocycles. The topological polar surface area (TPSA) is 62.7 Å². The summed E-state index contributed by atoms with van der Waals surface area (Å²) in [5.41, 5.74) is 0.238. The minimum atomic E-state index is -0.593. The van der Waals surface area contributed by atoms with E-state index < -0.39 is 11.9 Å². The molecule has 2 aliphatic rings. The van der Waals surface area contributed by atoms with Crippen molar-refractivity contribution in [2.75, 3.05) is 13.1 Å². The Morgan fingerprint density at radius 1 is 1.22 bits per heavy atom. The van der Waals surface area contributed by atoms with Crippen molar-refractivity contribution < 1.29 is 19.0 Å². The van der Waals surface area contributed by atoms with Gasteiger partial charge in [-0.05, 0) is 55.0 Å². The Kier molecular flexibility index (Phi) is 5.02. The molecule has 1 aliphatic carbocycles. The summed E-state index contributed by atoms with van der Waals surface area (Å²) in [6, 6.07) is 9.76. The van der Waals surface area contributed by atoms with E-state index in [-0.39, 0.29) is 29.5 Å². The van der Waals surface area contributed by atoms with Crippen molar-refractivity contribution in [2.45, 2.75) is 25.0 Å². The lowest BCUT2D eigenvalue weighted by molar-refractivity contribution is -0.0231. The van der Waals surface area contributed by atoms with Crippen LogP contribution in [0.3, 0.4) is 0 Å². The number of fused-ring (bicyclic) bond motifs is 1. The highest BCUT2D eigenvalue weighted by molar-refractivity contribution is 6.30. The second-order valence-electron chi connectivity index (χ2n) is 7.24. The molecule has 2 aromatic rings. The molecule has 1 aromatic heterocycles. The van der Waals surface area contributed by atoms with Crippen LogP contribution in [0.5, 0.6) is 5.75 Å². The van der Waals surface area contributed by atoms with Crippen LogP contribution in [0.4, 0.5) is 4.39 Å². The summed E-state index contributed by atoms with van der Waals surface area (Å²) in [5, 5.41) is 11.1. The number of hydrogen-bond acceptors (Lipinski definition) is 4. The first kappa shape index (κ1) is 18.2. The number of likely N-dealkylation sites (tertiary alicyclic amines) is 1. The van der Waals surface area contributed by atoms with Crippen LogP contribution >= 0.6 is 11.6 Å². The highest BCUT2D eigenvalue weighted by Crippen LogP contribution is 2.38. The largest absolute Gasteiger partial charge is 0.488 e. The fraction of sp³-hybridized carbons (Fsp3) is 0.400. The van der Waals surface area contributed by atoms with Crippen molar-refractivity contribution in [3.63, 3.8) is 0 Å². The van der Waals surface area contributed by atoms with Crippen molar-refractivity contribution in [2.24, 2.45) is 11.8 Å². The van der Waals surface area contributed by atoms with Crippen LogP contribution < -0.4 is 4.74 Å². The maximum Gasteiger partial charge on any atom is 0.272 e. The molecular weight excluding hydrogens is 371 g/mol. The lowest BCUT2D eigenvalue weighted by Gasteiger charge is -2.35. The Hall–Kier alpha value is -2.18. The highest BCUT2D eigenvalue weighted by Gasteiger charge is 2.44. The Labute approximate surface area is 161 Å². The number of pyridine rings is 1. The summed E-state index contributed by atoms with van der Waals surface area (Å²) >= 11 is 5.99. The molecular formula is C20H20ClFN2O3. The SMILES string of the molecule is O=C(c1ccc(F)cn1)N1C[C@H]2C[C@@H](Oc3cccc(Cl)c3)[C@H](O)C[C@H]2C1. The van der Waals surface area contributed by atoms with Gasteiger partial charge in [-0.2, -0.15) is 0 Å². The number of aliphatic hydroxyl groups is 1. The smallest absolute Gasteiger partial charge is 0.272 e. The van der Waals surface area contributed by atoms with Crippen LogP contribution in [0.15, 0.2) is 42.6 Å². The number of benzene rings is 1. The number of carbonyl (C=O) groups is 1. The molecule has 4 atom stereocenters. The van der Waals surface area contributed by atoms with Gasteiger partial charge in [0.1, 0.15) is 23.4 Å². The van der Waals surface area contributed by atoms with Crippen LogP contribution in [-0.4, -0.2) is 46.2 Å². The van der Waals surface area contributed by atoms with E-state index in [4.69, 9.17) is 16.3 Å². The third-order valence-electron chi connectivity index (χ3n) is 5.40. The number of aliphatic hydroxyl groups excluding tert-OH is 1. The molecule has 5 nitrogen and oxygen atoms in total. The maximum absolute atomic E-state index is 13.0. The molecule has 2 fully saturated rings. The molecule has 1 aliphatic heterocycles. The summed E-state index contributed by atoms with van der Waals surface area (Å²) in [4.78, 5) is 18.2. The van der Waals surface area contributed by atoms with Gasteiger partial charge in [0.15, 0.2) is 0 Å². The Morgan fingerprint density at radius 2 is 2.00 bits per heavy atom. The fourth-order valence-corrected chi connectivity index (χ4v) is 4.24.